The predicted octanol–water partition coefficient (Wildman–Crippen LogP) is 1.85. The Kier molecular flexibility index (Phi) is 8.37. The van der Waals surface area contributed by atoms with Crippen LogP contribution in [0.1, 0.15) is 12.5 Å². The predicted molar refractivity (Wildman–Crippen MR) is 78.8 cm³/mol. The first kappa shape index (κ1) is 17.0. The number of hydrogen-bond acceptors (Lipinski definition) is 5. The lowest BCUT2D eigenvalue weighted by atomic mass is 10.2. The molecule has 114 valence electrons. The summed E-state index contributed by atoms with van der Waals surface area (Å²) >= 11 is 6.20. The van der Waals surface area contributed by atoms with Gasteiger partial charge in [-0.1, -0.05) is 11.6 Å². The van der Waals surface area contributed by atoms with E-state index >= 15 is 0 Å². The second-order valence-electron chi connectivity index (χ2n) is 4.04. The first-order chi connectivity index (χ1) is 9.72. The standard InChI is InChI=1S/C14H22ClNO4/c1-3-20-14-8-11(12(15)9-13(14)18-2)10-16-4-6-19-7-5-17/h8-9,16-17H,3-7,10H2,1-2H3. The Bertz CT molecular complexity index is 401. The van der Waals surface area contributed by atoms with Crippen LogP contribution in [0.3, 0.4) is 0 Å². The van der Waals surface area contributed by atoms with Crippen LogP contribution < -0.4 is 14.8 Å². The van der Waals surface area contributed by atoms with Gasteiger partial charge in [0.05, 0.1) is 33.5 Å². The molecule has 0 amide bonds. The largest absolute Gasteiger partial charge is 0.493 e. The molecule has 1 rings (SSSR count). The summed E-state index contributed by atoms with van der Waals surface area (Å²) < 4.78 is 15.9. The van der Waals surface area contributed by atoms with Gasteiger partial charge in [0.15, 0.2) is 11.5 Å². The van der Waals surface area contributed by atoms with Gasteiger partial charge in [0.1, 0.15) is 0 Å². The van der Waals surface area contributed by atoms with Crippen molar-refractivity contribution in [3.63, 3.8) is 0 Å². The molecule has 0 atom stereocenters. The van der Waals surface area contributed by atoms with Crippen LogP contribution in [0.4, 0.5) is 0 Å². The first-order valence-corrected chi connectivity index (χ1v) is 6.99. The maximum Gasteiger partial charge on any atom is 0.162 e. The number of hydrogen-bond donors (Lipinski definition) is 2. The van der Waals surface area contributed by atoms with E-state index in [2.05, 4.69) is 5.32 Å². The van der Waals surface area contributed by atoms with Gasteiger partial charge in [0.25, 0.3) is 0 Å². The summed E-state index contributed by atoms with van der Waals surface area (Å²) in [6.07, 6.45) is 0. The molecule has 0 fully saturated rings. The van der Waals surface area contributed by atoms with Gasteiger partial charge in [-0.25, -0.2) is 0 Å². The van der Waals surface area contributed by atoms with E-state index in [-0.39, 0.29) is 6.61 Å². The minimum absolute atomic E-state index is 0.0437. The van der Waals surface area contributed by atoms with Crippen LogP contribution in [0.2, 0.25) is 5.02 Å². The number of halogens is 1. The molecular formula is C14H22ClNO4. The maximum atomic E-state index is 8.58. The van der Waals surface area contributed by atoms with E-state index in [0.717, 1.165) is 5.56 Å². The Hall–Kier alpha value is -1.01. The molecule has 0 bridgehead atoms. The molecule has 0 aliphatic carbocycles. The van der Waals surface area contributed by atoms with E-state index in [1.54, 1.807) is 13.2 Å². The number of aliphatic hydroxyl groups is 1. The van der Waals surface area contributed by atoms with Crippen molar-refractivity contribution < 1.29 is 19.3 Å². The van der Waals surface area contributed by atoms with Gasteiger partial charge in [0.2, 0.25) is 0 Å². The molecule has 1 aromatic carbocycles. The van der Waals surface area contributed by atoms with Crippen LogP contribution in [-0.2, 0) is 11.3 Å². The molecule has 0 aliphatic rings. The summed E-state index contributed by atoms with van der Waals surface area (Å²) in [6.45, 7) is 4.75. The van der Waals surface area contributed by atoms with Gasteiger partial charge >= 0.3 is 0 Å². The van der Waals surface area contributed by atoms with Crippen LogP contribution in [0.15, 0.2) is 12.1 Å². The SMILES string of the molecule is CCOc1cc(CNCCOCCO)c(Cl)cc1OC. The number of benzene rings is 1. The van der Waals surface area contributed by atoms with Crippen molar-refractivity contribution in [2.24, 2.45) is 0 Å². The third kappa shape index (κ3) is 5.54. The Morgan fingerprint density at radius 3 is 2.70 bits per heavy atom. The van der Waals surface area contributed by atoms with E-state index in [1.807, 2.05) is 13.0 Å². The van der Waals surface area contributed by atoms with Crippen molar-refractivity contribution in [1.29, 1.82) is 0 Å². The summed E-state index contributed by atoms with van der Waals surface area (Å²) in [5.41, 5.74) is 0.943. The van der Waals surface area contributed by atoms with E-state index in [0.29, 0.717) is 49.4 Å². The highest BCUT2D eigenvalue weighted by Crippen LogP contribution is 2.33. The van der Waals surface area contributed by atoms with Gasteiger partial charge < -0.3 is 24.6 Å². The zero-order valence-corrected chi connectivity index (χ0v) is 12.7. The zero-order chi connectivity index (χ0) is 14.8. The summed E-state index contributed by atoms with van der Waals surface area (Å²) in [7, 11) is 1.59. The highest BCUT2D eigenvalue weighted by atomic mass is 35.5. The zero-order valence-electron chi connectivity index (χ0n) is 11.9. The highest BCUT2D eigenvalue weighted by molar-refractivity contribution is 6.31. The van der Waals surface area contributed by atoms with Crippen molar-refractivity contribution >= 4 is 11.6 Å². The van der Waals surface area contributed by atoms with Gasteiger partial charge in [-0.05, 0) is 18.6 Å². The number of methoxy groups -OCH3 is 1. The number of aliphatic hydroxyl groups excluding tert-OH is 1. The van der Waals surface area contributed by atoms with Crippen molar-refractivity contribution in [2.45, 2.75) is 13.5 Å². The fraction of sp³-hybridized carbons (Fsp3) is 0.571. The summed E-state index contributed by atoms with van der Waals surface area (Å²) in [4.78, 5) is 0. The molecule has 0 aromatic heterocycles. The van der Waals surface area contributed by atoms with Gasteiger partial charge in [-0.3, -0.25) is 0 Å². The average Bonchev–Trinajstić information content (AvgIpc) is 2.45. The molecule has 0 aliphatic heterocycles. The second-order valence-corrected chi connectivity index (χ2v) is 4.45. The molecule has 0 unspecified atom stereocenters. The third-order valence-electron chi connectivity index (χ3n) is 2.61. The first-order valence-electron chi connectivity index (χ1n) is 6.61. The van der Waals surface area contributed by atoms with Crippen LogP contribution in [-0.4, -0.2) is 45.2 Å². The minimum atomic E-state index is 0.0437. The Balaban J connectivity index is 2.54. The molecule has 20 heavy (non-hydrogen) atoms. The molecular weight excluding hydrogens is 282 g/mol. The Morgan fingerprint density at radius 1 is 1.25 bits per heavy atom. The molecule has 0 saturated carbocycles. The Morgan fingerprint density at radius 2 is 2.05 bits per heavy atom. The van der Waals surface area contributed by atoms with Crippen LogP contribution in [0.5, 0.6) is 11.5 Å². The topological polar surface area (TPSA) is 60.0 Å². The second kappa shape index (κ2) is 9.83. The van der Waals surface area contributed by atoms with Crippen molar-refractivity contribution in [3.8, 4) is 11.5 Å². The van der Waals surface area contributed by atoms with Crippen molar-refractivity contribution in [2.75, 3.05) is 40.1 Å². The minimum Gasteiger partial charge on any atom is -0.493 e. The van der Waals surface area contributed by atoms with E-state index in [9.17, 15) is 0 Å². The molecule has 0 spiro atoms. The lowest BCUT2D eigenvalue weighted by molar-refractivity contribution is 0.0938. The maximum absolute atomic E-state index is 8.58. The third-order valence-corrected chi connectivity index (χ3v) is 2.96. The molecule has 0 heterocycles. The number of ether oxygens (including phenoxy) is 3. The highest BCUT2D eigenvalue weighted by Gasteiger charge is 2.10. The average molecular weight is 304 g/mol. The lowest BCUT2D eigenvalue weighted by Gasteiger charge is -2.13. The monoisotopic (exact) mass is 303 g/mol. The molecule has 2 N–H and O–H groups in total. The van der Waals surface area contributed by atoms with E-state index in [4.69, 9.17) is 30.9 Å². The summed E-state index contributed by atoms with van der Waals surface area (Å²) in [5.74, 6) is 1.32. The molecule has 1 aromatic rings. The quantitative estimate of drug-likeness (QED) is 0.646. The summed E-state index contributed by atoms with van der Waals surface area (Å²) in [5, 5.41) is 12.4. The van der Waals surface area contributed by atoms with Crippen LogP contribution in [0.25, 0.3) is 0 Å². The van der Waals surface area contributed by atoms with Crippen molar-refractivity contribution in [3.05, 3.63) is 22.7 Å². The lowest BCUT2D eigenvalue weighted by Crippen LogP contribution is -2.20. The number of nitrogens with one attached hydrogen (secondary N) is 1. The Labute approximate surface area is 124 Å². The van der Waals surface area contributed by atoms with Gasteiger partial charge in [-0.2, -0.15) is 0 Å². The molecule has 5 nitrogen and oxygen atoms in total. The molecule has 0 radical (unpaired) electrons. The fourth-order valence-corrected chi connectivity index (χ4v) is 1.90. The van der Waals surface area contributed by atoms with E-state index in [1.165, 1.54) is 0 Å². The molecule has 0 saturated heterocycles. The van der Waals surface area contributed by atoms with Crippen LogP contribution >= 0.6 is 11.6 Å². The normalized spacial score (nSPS) is 10.6. The summed E-state index contributed by atoms with van der Waals surface area (Å²) in [6, 6.07) is 3.64. The fourth-order valence-electron chi connectivity index (χ4n) is 1.67. The van der Waals surface area contributed by atoms with E-state index < -0.39 is 0 Å². The molecule has 6 heteroatoms. The van der Waals surface area contributed by atoms with Gasteiger partial charge in [-0.15, -0.1) is 0 Å². The van der Waals surface area contributed by atoms with Crippen molar-refractivity contribution in [1.82, 2.24) is 5.32 Å². The van der Waals surface area contributed by atoms with Crippen LogP contribution in [0, 0.1) is 0 Å². The van der Waals surface area contributed by atoms with Gasteiger partial charge in [0, 0.05) is 24.2 Å². The number of rotatable bonds is 10. The smallest absolute Gasteiger partial charge is 0.162 e.